The second kappa shape index (κ2) is 2.59. The van der Waals surface area contributed by atoms with Gasteiger partial charge >= 0.3 is 0 Å². The van der Waals surface area contributed by atoms with E-state index in [0.29, 0.717) is 9.91 Å². The largest absolute Gasteiger partial charge is 0.287 e. The van der Waals surface area contributed by atoms with E-state index in [0.717, 1.165) is 11.1 Å². The van der Waals surface area contributed by atoms with Crippen molar-refractivity contribution < 1.29 is 4.79 Å². The van der Waals surface area contributed by atoms with Crippen LogP contribution in [0.2, 0.25) is 0 Å². The lowest BCUT2D eigenvalue weighted by Crippen LogP contribution is -1.89. The smallest absolute Gasteiger partial charge is 0.216 e. The van der Waals surface area contributed by atoms with Crippen LogP contribution >= 0.6 is 34.5 Å². The minimum atomic E-state index is -0.144. The number of allylic oxidation sites excluding steroid dienone is 1. The molecule has 4 heteroatoms. The van der Waals surface area contributed by atoms with E-state index in [2.05, 4.69) is 0 Å². The van der Waals surface area contributed by atoms with Gasteiger partial charge in [0.2, 0.25) is 5.78 Å². The molecule has 0 N–H and O–H groups in total. The topological polar surface area (TPSA) is 17.1 Å². The summed E-state index contributed by atoms with van der Waals surface area (Å²) in [4.78, 5) is 12.0. The van der Waals surface area contributed by atoms with Gasteiger partial charge in [0.1, 0.15) is 5.03 Å². The lowest BCUT2D eigenvalue weighted by Gasteiger charge is -1.91. The van der Waals surface area contributed by atoms with Crippen molar-refractivity contribution in [2.45, 2.75) is 6.92 Å². The van der Waals surface area contributed by atoms with Crippen LogP contribution in [0.3, 0.4) is 0 Å². The zero-order valence-corrected chi connectivity index (χ0v) is 8.48. The van der Waals surface area contributed by atoms with Crippen molar-refractivity contribution in [3.05, 3.63) is 26.4 Å². The Bertz CT molecular complexity index is 403. The molecule has 1 aliphatic carbocycles. The number of carbonyl (C=O) groups excluding carboxylic acids is 1. The van der Waals surface area contributed by atoms with E-state index in [1.807, 2.05) is 12.3 Å². The Morgan fingerprint density at radius 3 is 2.58 bits per heavy atom. The van der Waals surface area contributed by atoms with Gasteiger partial charge in [-0.15, -0.1) is 11.3 Å². The van der Waals surface area contributed by atoms with Gasteiger partial charge in [0.05, 0.1) is 9.91 Å². The zero-order chi connectivity index (χ0) is 8.88. The predicted octanol–water partition coefficient (Wildman–Crippen LogP) is 3.40. The first-order valence-electron chi connectivity index (χ1n) is 3.31. The van der Waals surface area contributed by atoms with Gasteiger partial charge in [-0.2, -0.15) is 0 Å². The number of aryl methyl sites for hydroxylation is 1. The lowest BCUT2D eigenvalue weighted by atomic mass is 10.2. The Morgan fingerprint density at radius 2 is 2.00 bits per heavy atom. The van der Waals surface area contributed by atoms with Gasteiger partial charge in [0.15, 0.2) is 0 Å². The minimum Gasteiger partial charge on any atom is -0.287 e. The number of Topliss-reactive ketones (excluding diaryl/α,β-unsaturated/α-hetero) is 1. The highest BCUT2D eigenvalue weighted by Crippen LogP contribution is 2.42. The fraction of sp³-hybridized carbons (Fsp3) is 0.125. The lowest BCUT2D eigenvalue weighted by molar-refractivity contribution is 0.104. The number of fused-ring (bicyclic) bond motifs is 1. The molecule has 0 saturated carbocycles. The fourth-order valence-corrected chi connectivity index (χ4v) is 2.83. The highest BCUT2D eigenvalue weighted by atomic mass is 35.5. The highest BCUT2D eigenvalue weighted by Gasteiger charge is 2.30. The normalized spacial score (nSPS) is 15.8. The van der Waals surface area contributed by atoms with Crippen molar-refractivity contribution in [1.29, 1.82) is 0 Å². The van der Waals surface area contributed by atoms with Crippen LogP contribution in [0.15, 0.2) is 10.4 Å². The van der Waals surface area contributed by atoms with Crippen LogP contribution in [0.4, 0.5) is 0 Å². The van der Waals surface area contributed by atoms with Crippen LogP contribution in [0, 0.1) is 6.92 Å². The number of thiophene rings is 1. The number of halogens is 2. The summed E-state index contributed by atoms with van der Waals surface area (Å²) in [7, 11) is 0. The van der Waals surface area contributed by atoms with E-state index in [4.69, 9.17) is 23.2 Å². The quantitative estimate of drug-likeness (QED) is 0.653. The molecule has 0 bridgehead atoms. The summed E-state index contributed by atoms with van der Waals surface area (Å²) in [5.74, 6) is -0.144. The van der Waals surface area contributed by atoms with Gasteiger partial charge in [-0.1, -0.05) is 23.2 Å². The summed E-state index contributed by atoms with van der Waals surface area (Å²) in [5, 5.41) is 2.46. The molecule has 0 saturated heterocycles. The molecule has 0 spiro atoms. The van der Waals surface area contributed by atoms with Crippen molar-refractivity contribution in [2.24, 2.45) is 0 Å². The van der Waals surface area contributed by atoms with E-state index in [9.17, 15) is 4.79 Å². The predicted molar refractivity (Wildman–Crippen MR) is 52.0 cm³/mol. The molecular weight excluding hydrogens is 215 g/mol. The van der Waals surface area contributed by atoms with E-state index < -0.39 is 0 Å². The molecule has 1 nitrogen and oxygen atoms in total. The molecule has 1 aliphatic rings. The second-order valence-electron chi connectivity index (χ2n) is 2.58. The first-order chi connectivity index (χ1) is 5.63. The Morgan fingerprint density at radius 1 is 1.33 bits per heavy atom. The van der Waals surface area contributed by atoms with Gasteiger partial charge in [0.25, 0.3) is 0 Å². The Hall–Kier alpha value is -0.310. The number of rotatable bonds is 0. The Kier molecular flexibility index (Phi) is 1.79. The van der Waals surface area contributed by atoms with Gasteiger partial charge in [-0.25, -0.2) is 0 Å². The Labute approximate surface area is 83.6 Å². The summed E-state index contributed by atoms with van der Waals surface area (Å²) in [6.45, 7) is 1.92. The molecule has 12 heavy (non-hydrogen) atoms. The van der Waals surface area contributed by atoms with E-state index >= 15 is 0 Å². The molecule has 0 aliphatic heterocycles. The van der Waals surface area contributed by atoms with Gasteiger partial charge in [0, 0.05) is 5.56 Å². The molecule has 1 aromatic heterocycles. The molecule has 1 heterocycles. The summed E-state index contributed by atoms with van der Waals surface area (Å²) >= 11 is 13.0. The highest BCUT2D eigenvalue weighted by molar-refractivity contribution is 7.13. The van der Waals surface area contributed by atoms with Crippen LogP contribution in [-0.4, -0.2) is 5.78 Å². The van der Waals surface area contributed by atoms with Crippen molar-refractivity contribution in [3.63, 3.8) is 0 Å². The van der Waals surface area contributed by atoms with Gasteiger partial charge in [-0.3, -0.25) is 4.79 Å². The molecule has 62 valence electrons. The second-order valence-corrected chi connectivity index (χ2v) is 4.22. The molecule has 0 atom stereocenters. The molecule has 0 unspecified atom stereocenters. The maximum absolute atomic E-state index is 11.4. The molecule has 0 radical (unpaired) electrons. The standard InChI is InChI=1S/C8H4Cl2OS/c1-3-2-12-8-4(3)5(9)6(10)7(8)11/h2H,1H3. The van der Waals surface area contributed by atoms with E-state index in [1.54, 1.807) is 0 Å². The summed E-state index contributed by atoms with van der Waals surface area (Å²) in [6.07, 6.45) is 0. The van der Waals surface area contributed by atoms with Crippen LogP contribution in [0.25, 0.3) is 5.03 Å². The molecular formula is C8H4Cl2OS. The van der Waals surface area contributed by atoms with E-state index in [1.165, 1.54) is 11.3 Å². The third-order valence-electron chi connectivity index (χ3n) is 1.79. The van der Waals surface area contributed by atoms with Crippen LogP contribution < -0.4 is 0 Å². The number of ketones is 1. The third kappa shape index (κ3) is 0.889. The maximum Gasteiger partial charge on any atom is 0.216 e. The van der Waals surface area contributed by atoms with Crippen molar-refractivity contribution >= 4 is 45.4 Å². The average molecular weight is 219 g/mol. The van der Waals surface area contributed by atoms with Gasteiger partial charge < -0.3 is 0 Å². The summed E-state index contributed by atoms with van der Waals surface area (Å²) < 4.78 is 0. The molecule has 0 fully saturated rings. The number of carbonyl (C=O) groups is 1. The van der Waals surface area contributed by atoms with Crippen LogP contribution in [0.1, 0.15) is 20.8 Å². The first-order valence-corrected chi connectivity index (χ1v) is 4.95. The summed E-state index contributed by atoms with van der Waals surface area (Å²) in [6, 6.07) is 0. The monoisotopic (exact) mass is 218 g/mol. The van der Waals surface area contributed by atoms with Crippen molar-refractivity contribution in [1.82, 2.24) is 0 Å². The summed E-state index contributed by atoms with van der Waals surface area (Å²) in [5.41, 5.74) is 1.83. The average Bonchev–Trinajstić information content (AvgIpc) is 2.51. The maximum atomic E-state index is 11.4. The van der Waals surface area contributed by atoms with E-state index in [-0.39, 0.29) is 10.8 Å². The van der Waals surface area contributed by atoms with Crippen LogP contribution in [0.5, 0.6) is 0 Å². The van der Waals surface area contributed by atoms with Crippen molar-refractivity contribution in [3.8, 4) is 0 Å². The molecule has 2 rings (SSSR count). The van der Waals surface area contributed by atoms with Crippen molar-refractivity contribution in [2.75, 3.05) is 0 Å². The molecule has 0 amide bonds. The molecule has 1 aromatic rings. The number of hydrogen-bond acceptors (Lipinski definition) is 2. The first kappa shape index (κ1) is 8.30. The Balaban J connectivity index is 2.77. The SMILES string of the molecule is Cc1csc2c1C(Cl)=C(Cl)C2=O. The third-order valence-corrected chi connectivity index (χ3v) is 3.72. The van der Waals surface area contributed by atoms with Gasteiger partial charge in [-0.05, 0) is 17.9 Å². The zero-order valence-electron chi connectivity index (χ0n) is 6.15. The minimum absolute atomic E-state index is 0.144. The molecule has 0 aromatic carbocycles. The fourth-order valence-electron chi connectivity index (χ4n) is 1.19. The van der Waals surface area contributed by atoms with Crippen LogP contribution in [-0.2, 0) is 0 Å². The number of hydrogen-bond donors (Lipinski definition) is 0.